The van der Waals surface area contributed by atoms with Gasteiger partial charge in [0.2, 0.25) is 5.69 Å². The minimum atomic E-state index is -0.401. The number of aromatic amines is 1. The van der Waals surface area contributed by atoms with Crippen molar-refractivity contribution in [2.24, 2.45) is 0 Å². The molecule has 108 valence electrons. The molecular formula is C12H21N3O3S. The standard InChI is InChI=1S/C12H21N3O3S/c1-3-4-5-7-15(8-6-9-18-2)12(17)10-11(16)14-19-13-10/h3-9H2,1-2H3,(H,14,16). The first-order valence-corrected chi connectivity index (χ1v) is 7.30. The van der Waals surface area contributed by atoms with Crippen LogP contribution >= 0.6 is 11.7 Å². The summed E-state index contributed by atoms with van der Waals surface area (Å²) in [6.07, 6.45) is 3.87. The number of nitrogens with zero attached hydrogens (tertiary/aromatic N) is 2. The Balaban J connectivity index is 2.63. The molecule has 0 radical (unpaired) electrons. The topological polar surface area (TPSA) is 75.3 Å². The van der Waals surface area contributed by atoms with Crippen LogP contribution in [-0.4, -0.2) is 46.4 Å². The second-order valence-electron chi connectivity index (χ2n) is 4.31. The van der Waals surface area contributed by atoms with Crippen LogP contribution < -0.4 is 5.56 Å². The SMILES string of the molecule is CCCCCN(CCCOC)C(=O)c1ns[nH]c1=O. The Morgan fingerprint density at radius 1 is 1.37 bits per heavy atom. The fourth-order valence-electron chi connectivity index (χ4n) is 1.75. The van der Waals surface area contributed by atoms with Crippen LogP contribution in [0.5, 0.6) is 0 Å². The molecule has 19 heavy (non-hydrogen) atoms. The lowest BCUT2D eigenvalue weighted by molar-refractivity contribution is 0.0727. The molecule has 0 spiro atoms. The van der Waals surface area contributed by atoms with Gasteiger partial charge in [0.05, 0.1) is 0 Å². The minimum Gasteiger partial charge on any atom is -0.385 e. The average molecular weight is 287 g/mol. The number of hydrogen-bond donors (Lipinski definition) is 1. The zero-order chi connectivity index (χ0) is 14.1. The summed E-state index contributed by atoms with van der Waals surface area (Å²) in [5, 5.41) is 0. The molecule has 0 fully saturated rings. The van der Waals surface area contributed by atoms with Crippen molar-refractivity contribution in [3.63, 3.8) is 0 Å². The van der Waals surface area contributed by atoms with Crippen LogP contribution in [0.25, 0.3) is 0 Å². The van der Waals surface area contributed by atoms with Gasteiger partial charge in [0, 0.05) is 38.5 Å². The second-order valence-corrected chi connectivity index (χ2v) is 4.88. The van der Waals surface area contributed by atoms with Crippen LogP contribution in [0.4, 0.5) is 0 Å². The van der Waals surface area contributed by atoms with Gasteiger partial charge >= 0.3 is 0 Å². The number of rotatable bonds is 9. The number of H-pyrrole nitrogens is 1. The number of ether oxygens (including phenoxy) is 1. The van der Waals surface area contributed by atoms with Crippen molar-refractivity contribution < 1.29 is 9.53 Å². The normalized spacial score (nSPS) is 10.6. The molecule has 1 heterocycles. The Labute approximate surface area is 117 Å². The molecule has 0 aliphatic carbocycles. The van der Waals surface area contributed by atoms with E-state index in [0.717, 1.165) is 37.4 Å². The van der Waals surface area contributed by atoms with E-state index in [2.05, 4.69) is 15.7 Å². The first-order chi connectivity index (χ1) is 9.20. The van der Waals surface area contributed by atoms with Crippen LogP contribution in [-0.2, 0) is 4.74 Å². The summed E-state index contributed by atoms with van der Waals surface area (Å²) in [7, 11) is 1.63. The number of unbranched alkanes of at least 4 members (excludes halogenated alkanes) is 2. The van der Waals surface area contributed by atoms with Gasteiger partial charge in [0.1, 0.15) is 0 Å². The number of amides is 1. The molecule has 7 heteroatoms. The Bertz CT molecular complexity index is 420. The van der Waals surface area contributed by atoms with E-state index in [1.165, 1.54) is 0 Å². The maximum Gasteiger partial charge on any atom is 0.291 e. The Hall–Kier alpha value is -1.21. The van der Waals surface area contributed by atoms with Gasteiger partial charge in [-0.05, 0) is 12.8 Å². The lowest BCUT2D eigenvalue weighted by Gasteiger charge is -2.21. The molecule has 1 aromatic rings. The number of aromatic nitrogens is 2. The van der Waals surface area contributed by atoms with Gasteiger partial charge in [-0.25, -0.2) is 0 Å². The molecule has 0 aliphatic rings. The van der Waals surface area contributed by atoms with Gasteiger partial charge in [-0.15, -0.1) is 0 Å². The number of hydrogen-bond acceptors (Lipinski definition) is 5. The number of carbonyl (C=O) groups excluding carboxylic acids is 1. The summed E-state index contributed by atoms with van der Waals surface area (Å²) < 4.78 is 11.3. The number of carbonyl (C=O) groups is 1. The van der Waals surface area contributed by atoms with Gasteiger partial charge in [-0.3, -0.25) is 14.0 Å². The summed E-state index contributed by atoms with van der Waals surface area (Å²) >= 11 is 0.909. The minimum absolute atomic E-state index is 0.00100. The third kappa shape index (κ3) is 5.12. The lowest BCUT2D eigenvalue weighted by atomic mass is 10.2. The molecule has 0 unspecified atom stereocenters. The van der Waals surface area contributed by atoms with Crippen molar-refractivity contribution in [3.05, 3.63) is 16.0 Å². The molecule has 1 aromatic heterocycles. The number of methoxy groups -OCH3 is 1. The maximum absolute atomic E-state index is 12.2. The maximum atomic E-state index is 12.2. The predicted octanol–water partition coefficient (Wildman–Crippen LogP) is 1.50. The zero-order valence-corrected chi connectivity index (χ0v) is 12.3. The van der Waals surface area contributed by atoms with Crippen LogP contribution in [0.15, 0.2) is 4.79 Å². The molecule has 0 aliphatic heterocycles. The summed E-state index contributed by atoms with van der Waals surface area (Å²) in [4.78, 5) is 25.4. The highest BCUT2D eigenvalue weighted by Gasteiger charge is 2.20. The quantitative estimate of drug-likeness (QED) is 0.698. The summed E-state index contributed by atoms with van der Waals surface area (Å²) in [5.41, 5.74) is -0.402. The smallest absolute Gasteiger partial charge is 0.291 e. The Morgan fingerprint density at radius 3 is 2.68 bits per heavy atom. The largest absolute Gasteiger partial charge is 0.385 e. The van der Waals surface area contributed by atoms with Gasteiger partial charge in [0.25, 0.3) is 11.5 Å². The monoisotopic (exact) mass is 287 g/mol. The van der Waals surface area contributed by atoms with E-state index in [1.807, 2.05) is 0 Å². The van der Waals surface area contributed by atoms with E-state index in [4.69, 9.17) is 4.74 Å². The van der Waals surface area contributed by atoms with Crippen molar-refractivity contribution in [1.29, 1.82) is 0 Å². The summed E-state index contributed by atoms with van der Waals surface area (Å²) in [6, 6.07) is 0. The lowest BCUT2D eigenvalue weighted by Crippen LogP contribution is -2.36. The zero-order valence-electron chi connectivity index (χ0n) is 11.5. The fourth-order valence-corrected chi connectivity index (χ4v) is 2.23. The van der Waals surface area contributed by atoms with Gasteiger partial charge in [-0.2, -0.15) is 4.37 Å². The third-order valence-electron chi connectivity index (χ3n) is 2.79. The van der Waals surface area contributed by atoms with Crippen molar-refractivity contribution in [1.82, 2.24) is 13.6 Å². The van der Waals surface area contributed by atoms with E-state index in [1.54, 1.807) is 12.0 Å². The van der Waals surface area contributed by atoms with E-state index in [0.29, 0.717) is 19.7 Å². The van der Waals surface area contributed by atoms with Crippen molar-refractivity contribution in [2.45, 2.75) is 32.6 Å². The average Bonchev–Trinajstić information content (AvgIpc) is 2.83. The molecular weight excluding hydrogens is 266 g/mol. The highest BCUT2D eigenvalue weighted by Crippen LogP contribution is 2.04. The van der Waals surface area contributed by atoms with E-state index >= 15 is 0 Å². The first kappa shape index (κ1) is 15.8. The molecule has 6 nitrogen and oxygen atoms in total. The second kappa shape index (κ2) is 8.82. The van der Waals surface area contributed by atoms with Crippen molar-refractivity contribution in [2.75, 3.05) is 26.8 Å². The molecule has 0 bridgehead atoms. The highest BCUT2D eigenvalue weighted by molar-refractivity contribution is 6.99. The summed E-state index contributed by atoms with van der Waals surface area (Å²) in [6.45, 7) is 3.97. The fraction of sp³-hybridized carbons (Fsp3) is 0.750. The summed E-state index contributed by atoms with van der Waals surface area (Å²) in [5.74, 6) is -0.283. The molecule has 0 aromatic carbocycles. The van der Waals surface area contributed by atoms with Crippen LogP contribution in [0.3, 0.4) is 0 Å². The Kier molecular flexibility index (Phi) is 7.35. The molecule has 1 amide bonds. The van der Waals surface area contributed by atoms with Crippen LogP contribution in [0.1, 0.15) is 43.1 Å². The van der Waals surface area contributed by atoms with Gasteiger partial charge < -0.3 is 9.64 Å². The molecule has 0 saturated carbocycles. The van der Waals surface area contributed by atoms with Crippen molar-refractivity contribution >= 4 is 17.6 Å². The number of nitrogens with one attached hydrogen (secondary N) is 1. The van der Waals surface area contributed by atoms with E-state index in [-0.39, 0.29) is 11.6 Å². The van der Waals surface area contributed by atoms with Crippen molar-refractivity contribution in [3.8, 4) is 0 Å². The van der Waals surface area contributed by atoms with E-state index < -0.39 is 5.56 Å². The van der Waals surface area contributed by atoms with Gasteiger partial charge in [0.15, 0.2) is 0 Å². The van der Waals surface area contributed by atoms with Crippen LogP contribution in [0.2, 0.25) is 0 Å². The van der Waals surface area contributed by atoms with Gasteiger partial charge in [-0.1, -0.05) is 19.8 Å². The molecule has 0 saturated heterocycles. The predicted molar refractivity (Wildman–Crippen MR) is 74.7 cm³/mol. The molecule has 0 atom stereocenters. The van der Waals surface area contributed by atoms with E-state index in [9.17, 15) is 9.59 Å². The third-order valence-corrected chi connectivity index (χ3v) is 3.34. The molecule has 1 N–H and O–H groups in total. The highest BCUT2D eigenvalue weighted by atomic mass is 32.1. The Morgan fingerprint density at radius 2 is 2.11 bits per heavy atom. The first-order valence-electron chi connectivity index (χ1n) is 6.53. The van der Waals surface area contributed by atoms with Crippen LogP contribution in [0, 0.1) is 0 Å². The molecule has 1 rings (SSSR count).